The largest absolute Gasteiger partial charge is 0.493 e. The normalized spacial score (nSPS) is 10.3. The smallest absolute Gasteiger partial charge is 0.321 e. The van der Waals surface area contributed by atoms with Gasteiger partial charge in [0.05, 0.1) is 14.2 Å². The van der Waals surface area contributed by atoms with Crippen LogP contribution in [0.3, 0.4) is 0 Å². The van der Waals surface area contributed by atoms with Crippen molar-refractivity contribution in [1.29, 1.82) is 0 Å². The summed E-state index contributed by atoms with van der Waals surface area (Å²) in [6.07, 6.45) is 4.05. The predicted octanol–water partition coefficient (Wildman–Crippen LogP) is 3.19. The van der Waals surface area contributed by atoms with Gasteiger partial charge in [-0.05, 0) is 30.7 Å². The molecule has 0 aliphatic rings. The Morgan fingerprint density at radius 3 is 2.57 bits per heavy atom. The van der Waals surface area contributed by atoms with Crippen LogP contribution in [0.5, 0.6) is 11.5 Å². The van der Waals surface area contributed by atoms with Crippen LogP contribution >= 0.6 is 0 Å². The Kier molecular flexibility index (Phi) is 5.51. The number of carbonyl (C=O) groups excluding carboxylic acids is 1. The molecule has 0 aliphatic carbocycles. The summed E-state index contributed by atoms with van der Waals surface area (Å²) in [5.41, 5.74) is 1.75. The van der Waals surface area contributed by atoms with Crippen molar-refractivity contribution in [2.75, 3.05) is 26.6 Å². The second kappa shape index (κ2) is 7.58. The second-order valence-corrected chi connectivity index (χ2v) is 5.21. The van der Waals surface area contributed by atoms with Gasteiger partial charge in [-0.15, -0.1) is 0 Å². The zero-order valence-corrected chi connectivity index (χ0v) is 14.0. The van der Waals surface area contributed by atoms with Crippen molar-refractivity contribution in [2.24, 2.45) is 0 Å². The Morgan fingerprint density at radius 2 is 1.96 bits per heavy atom. The van der Waals surface area contributed by atoms with E-state index in [1.165, 1.54) is 0 Å². The van der Waals surface area contributed by atoms with Crippen LogP contribution < -0.4 is 14.8 Å². The maximum atomic E-state index is 12.3. The van der Waals surface area contributed by atoms with Crippen LogP contribution in [0.15, 0.2) is 36.7 Å². The molecule has 23 heavy (non-hydrogen) atoms. The first-order valence-electron chi connectivity index (χ1n) is 7.46. The highest BCUT2D eigenvalue weighted by atomic mass is 16.5. The summed E-state index contributed by atoms with van der Waals surface area (Å²) in [7, 11) is 4.90. The van der Waals surface area contributed by atoms with Gasteiger partial charge in [0, 0.05) is 44.3 Å². The van der Waals surface area contributed by atoms with Crippen LogP contribution in [0.2, 0.25) is 0 Å². The molecular formula is C17H23N3O3. The number of benzene rings is 1. The Labute approximate surface area is 136 Å². The Balaban J connectivity index is 2.00. The second-order valence-electron chi connectivity index (χ2n) is 5.21. The number of methoxy groups -OCH3 is 2. The lowest BCUT2D eigenvalue weighted by Gasteiger charge is -2.18. The molecule has 0 unspecified atom stereocenters. The average molecular weight is 317 g/mol. The molecule has 2 rings (SSSR count). The minimum atomic E-state index is -0.179. The van der Waals surface area contributed by atoms with Crippen LogP contribution in [-0.4, -0.2) is 36.8 Å². The van der Waals surface area contributed by atoms with E-state index in [9.17, 15) is 4.79 Å². The number of nitrogens with zero attached hydrogens (tertiary/aromatic N) is 2. The highest BCUT2D eigenvalue weighted by Gasteiger charge is 2.12. The summed E-state index contributed by atoms with van der Waals surface area (Å²) >= 11 is 0. The molecule has 124 valence electrons. The van der Waals surface area contributed by atoms with Crippen molar-refractivity contribution in [3.63, 3.8) is 0 Å². The highest BCUT2D eigenvalue weighted by molar-refractivity contribution is 5.89. The molecule has 0 radical (unpaired) electrons. The Hall–Kier alpha value is -2.63. The molecule has 6 heteroatoms. The fraction of sp³-hybridized carbons (Fsp3) is 0.353. The Morgan fingerprint density at radius 1 is 1.22 bits per heavy atom. The van der Waals surface area contributed by atoms with Gasteiger partial charge in [-0.2, -0.15) is 0 Å². The van der Waals surface area contributed by atoms with Crippen molar-refractivity contribution < 1.29 is 14.3 Å². The number of hydrogen-bond acceptors (Lipinski definition) is 3. The topological polar surface area (TPSA) is 55.7 Å². The zero-order chi connectivity index (χ0) is 16.8. The van der Waals surface area contributed by atoms with E-state index in [2.05, 4.69) is 16.8 Å². The van der Waals surface area contributed by atoms with Crippen LogP contribution in [-0.2, 0) is 13.1 Å². The number of amides is 2. The lowest BCUT2D eigenvalue weighted by molar-refractivity contribution is 0.220. The minimum Gasteiger partial charge on any atom is -0.493 e. The number of urea groups is 1. The molecule has 2 amide bonds. The third-order valence-corrected chi connectivity index (χ3v) is 3.58. The number of rotatable bonds is 6. The van der Waals surface area contributed by atoms with Gasteiger partial charge in [0.1, 0.15) is 0 Å². The molecule has 1 aromatic carbocycles. The van der Waals surface area contributed by atoms with Gasteiger partial charge in [0.25, 0.3) is 0 Å². The molecular weight excluding hydrogens is 294 g/mol. The molecule has 6 nitrogen and oxygen atoms in total. The van der Waals surface area contributed by atoms with E-state index < -0.39 is 0 Å². The molecule has 0 spiro atoms. The first kappa shape index (κ1) is 16.7. The molecule has 0 saturated carbocycles. The van der Waals surface area contributed by atoms with Gasteiger partial charge in [-0.3, -0.25) is 0 Å². The summed E-state index contributed by atoms with van der Waals surface area (Å²) in [6, 6.07) is 7.11. The van der Waals surface area contributed by atoms with Gasteiger partial charge < -0.3 is 24.3 Å². The van der Waals surface area contributed by atoms with E-state index in [-0.39, 0.29) is 6.03 Å². The SMILES string of the molecule is CCn1ccc(CN(C)C(=O)Nc2ccc(OC)c(OC)c2)c1. The summed E-state index contributed by atoms with van der Waals surface area (Å²) in [6.45, 7) is 3.55. The van der Waals surface area contributed by atoms with Crippen molar-refractivity contribution in [1.82, 2.24) is 9.47 Å². The number of hydrogen-bond donors (Lipinski definition) is 1. The number of nitrogens with one attached hydrogen (secondary N) is 1. The molecule has 0 saturated heterocycles. The third kappa shape index (κ3) is 4.18. The van der Waals surface area contributed by atoms with E-state index in [0.717, 1.165) is 12.1 Å². The maximum Gasteiger partial charge on any atom is 0.321 e. The van der Waals surface area contributed by atoms with E-state index >= 15 is 0 Å². The molecule has 1 aromatic heterocycles. The number of carbonyl (C=O) groups is 1. The van der Waals surface area contributed by atoms with Crippen molar-refractivity contribution >= 4 is 11.7 Å². The number of anilines is 1. The quantitative estimate of drug-likeness (QED) is 0.890. The van der Waals surface area contributed by atoms with Gasteiger partial charge in [-0.1, -0.05) is 0 Å². The van der Waals surface area contributed by atoms with E-state index in [0.29, 0.717) is 23.7 Å². The standard InChI is InChI=1S/C17H23N3O3/c1-5-20-9-8-13(12-20)11-19(2)17(21)18-14-6-7-15(22-3)16(10-14)23-4/h6-10,12H,5,11H2,1-4H3,(H,18,21). The monoisotopic (exact) mass is 317 g/mol. The lowest BCUT2D eigenvalue weighted by Crippen LogP contribution is -2.30. The fourth-order valence-electron chi connectivity index (χ4n) is 2.26. The van der Waals surface area contributed by atoms with Gasteiger partial charge in [-0.25, -0.2) is 4.79 Å². The number of aryl methyl sites for hydroxylation is 1. The third-order valence-electron chi connectivity index (χ3n) is 3.58. The predicted molar refractivity (Wildman–Crippen MR) is 90.1 cm³/mol. The zero-order valence-electron chi connectivity index (χ0n) is 14.0. The van der Waals surface area contributed by atoms with Crippen LogP contribution in [0.25, 0.3) is 0 Å². The molecule has 0 aliphatic heterocycles. The van der Waals surface area contributed by atoms with Gasteiger partial charge >= 0.3 is 6.03 Å². The first-order chi connectivity index (χ1) is 11.1. The van der Waals surface area contributed by atoms with E-state index in [1.54, 1.807) is 44.4 Å². The summed E-state index contributed by atoms with van der Waals surface area (Å²) in [4.78, 5) is 13.9. The van der Waals surface area contributed by atoms with Crippen LogP contribution in [0.1, 0.15) is 12.5 Å². The number of aromatic nitrogens is 1. The summed E-state index contributed by atoms with van der Waals surface area (Å²) in [5.74, 6) is 1.20. The molecule has 1 heterocycles. The summed E-state index contributed by atoms with van der Waals surface area (Å²) < 4.78 is 12.5. The van der Waals surface area contributed by atoms with Gasteiger partial charge in [0.2, 0.25) is 0 Å². The molecule has 0 bridgehead atoms. The average Bonchev–Trinajstić information content (AvgIpc) is 3.02. The fourth-order valence-corrected chi connectivity index (χ4v) is 2.26. The molecule has 0 atom stereocenters. The minimum absolute atomic E-state index is 0.179. The van der Waals surface area contributed by atoms with Crippen LogP contribution in [0, 0.1) is 0 Å². The molecule has 2 aromatic rings. The molecule has 0 fully saturated rings. The Bertz CT molecular complexity index is 667. The van der Waals surface area contributed by atoms with Gasteiger partial charge in [0.15, 0.2) is 11.5 Å². The van der Waals surface area contributed by atoms with Crippen LogP contribution in [0.4, 0.5) is 10.5 Å². The van der Waals surface area contributed by atoms with Crippen molar-refractivity contribution in [3.05, 3.63) is 42.2 Å². The van der Waals surface area contributed by atoms with E-state index in [1.807, 2.05) is 18.5 Å². The number of ether oxygens (including phenoxy) is 2. The lowest BCUT2D eigenvalue weighted by atomic mass is 10.2. The van der Waals surface area contributed by atoms with E-state index in [4.69, 9.17) is 9.47 Å². The maximum absolute atomic E-state index is 12.3. The highest BCUT2D eigenvalue weighted by Crippen LogP contribution is 2.29. The first-order valence-corrected chi connectivity index (χ1v) is 7.46. The van der Waals surface area contributed by atoms with Crippen molar-refractivity contribution in [3.8, 4) is 11.5 Å². The molecule has 1 N–H and O–H groups in total. The summed E-state index contributed by atoms with van der Waals surface area (Å²) in [5, 5.41) is 2.85. The van der Waals surface area contributed by atoms with Crippen molar-refractivity contribution in [2.45, 2.75) is 20.0 Å².